The van der Waals surface area contributed by atoms with Crippen LogP contribution in [-0.4, -0.2) is 42.3 Å². The fraction of sp³-hybridized carbons (Fsp3) is 0.353. The smallest absolute Gasteiger partial charge is 0.319 e. The molecule has 1 fully saturated rings. The number of amides is 2. The maximum atomic E-state index is 12.1. The van der Waals surface area contributed by atoms with Gasteiger partial charge in [0.25, 0.3) is 0 Å². The lowest BCUT2D eigenvalue weighted by Gasteiger charge is -2.28. The maximum absolute atomic E-state index is 12.1. The minimum Gasteiger partial charge on any atom is -0.378 e. The van der Waals surface area contributed by atoms with E-state index >= 15 is 0 Å². The van der Waals surface area contributed by atoms with Crippen molar-refractivity contribution >= 4 is 29.1 Å². The molecule has 0 aromatic carbocycles. The molecule has 0 radical (unpaired) electrons. The minimum atomic E-state index is -0.305. The average Bonchev–Trinajstić information content (AvgIpc) is 2.64. The fourth-order valence-electron chi connectivity index (χ4n) is 2.50. The van der Waals surface area contributed by atoms with Crippen LogP contribution < -0.4 is 15.5 Å². The van der Waals surface area contributed by atoms with Crippen molar-refractivity contribution in [2.24, 2.45) is 0 Å². The summed E-state index contributed by atoms with van der Waals surface area (Å²) in [6.07, 6.45) is 1.55. The molecule has 2 aromatic heterocycles. The molecule has 0 atom stereocenters. The summed E-state index contributed by atoms with van der Waals surface area (Å²) < 4.78 is 5.35. The number of pyridine rings is 2. The number of aromatic nitrogens is 2. The molecule has 8 heteroatoms. The Kier molecular flexibility index (Phi) is 5.67. The number of hydrogen-bond acceptors (Lipinski definition) is 5. The molecule has 3 rings (SSSR count). The van der Waals surface area contributed by atoms with E-state index in [0.717, 1.165) is 30.3 Å². The summed E-state index contributed by atoms with van der Waals surface area (Å²) in [5.74, 6) is 0.900. The number of aryl methyl sites for hydroxylation is 1. The van der Waals surface area contributed by atoms with Gasteiger partial charge in [-0.25, -0.2) is 9.78 Å². The molecule has 1 saturated heterocycles. The zero-order chi connectivity index (χ0) is 17.6. The standard InChI is InChI=1S/C17H20ClN5O2/c1-12-15(4-5-16(21-12)23-6-8-25-9-7-23)22-17(24)20-11-14-3-2-13(18)10-19-14/h2-5,10H,6-9,11H2,1H3,(H2,20,22,24). The van der Waals surface area contributed by atoms with Gasteiger partial charge in [0, 0.05) is 19.3 Å². The van der Waals surface area contributed by atoms with Gasteiger partial charge >= 0.3 is 6.03 Å². The first-order valence-electron chi connectivity index (χ1n) is 8.07. The van der Waals surface area contributed by atoms with Crippen LogP contribution in [0.25, 0.3) is 0 Å². The van der Waals surface area contributed by atoms with Crippen LogP contribution in [0.3, 0.4) is 0 Å². The molecule has 3 heterocycles. The number of anilines is 2. The number of nitrogens with one attached hydrogen (secondary N) is 2. The molecule has 1 aliphatic rings. The van der Waals surface area contributed by atoms with Gasteiger partial charge in [0.15, 0.2) is 0 Å². The Bertz CT molecular complexity index is 732. The molecule has 132 valence electrons. The number of halogens is 1. The van der Waals surface area contributed by atoms with Crippen molar-refractivity contribution in [3.05, 3.63) is 46.9 Å². The highest BCUT2D eigenvalue weighted by Gasteiger charge is 2.14. The third-order valence-corrected chi connectivity index (χ3v) is 4.10. The highest BCUT2D eigenvalue weighted by molar-refractivity contribution is 6.30. The highest BCUT2D eigenvalue weighted by Crippen LogP contribution is 2.19. The lowest BCUT2D eigenvalue weighted by atomic mass is 10.3. The molecule has 2 N–H and O–H groups in total. The summed E-state index contributed by atoms with van der Waals surface area (Å²) in [5, 5.41) is 6.14. The van der Waals surface area contributed by atoms with Gasteiger partial charge in [-0.15, -0.1) is 0 Å². The van der Waals surface area contributed by atoms with Crippen LogP contribution in [0.5, 0.6) is 0 Å². The summed E-state index contributed by atoms with van der Waals surface area (Å²) in [5.41, 5.74) is 2.18. The van der Waals surface area contributed by atoms with Crippen LogP contribution in [0, 0.1) is 6.92 Å². The first-order chi connectivity index (χ1) is 12.1. The van der Waals surface area contributed by atoms with Crippen LogP contribution in [-0.2, 0) is 11.3 Å². The highest BCUT2D eigenvalue weighted by atomic mass is 35.5. The van der Waals surface area contributed by atoms with Gasteiger partial charge in [0.1, 0.15) is 5.82 Å². The van der Waals surface area contributed by atoms with Gasteiger partial charge in [-0.1, -0.05) is 11.6 Å². The number of hydrogen-bond donors (Lipinski definition) is 2. The number of carbonyl (C=O) groups is 1. The predicted octanol–water partition coefficient (Wildman–Crippen LogP) is 2.60. The van der Waals surface area contributed by atoms with E-state index in [9.17, 15) is 4.79 Å². The van der Waals surface area contributed by atoms with E-state index in [1.807, 2.05) is 19.1 Å². The summed E-state index contributed by atoms with van der Waals surface area (Å²) in [6.45, 7) is 5.27. The Balaban J connectivity index is 1.56. The minimum absolute atomic E-state index is 0.305. The van der Waals surface area contributed by atoms with Crippen molar-refractivity contribution in [2.75, 3.05) is 36.5 Å². The molecule has 7 nitrogen and oxygen atoms in total. The van der Waals surface area contributed by atoms with E-state index in [-0.39, 0.29) is 6.03 Å². The maximum Gasteiger partial charge on any atom is 0.319 e. The largest absolute Gasteiger partial charge is 0.378 e. The molecule has 2 amide bonds. The second kappa shape index (κ2) is 8.13. The first kappa shape index (κ1) is 17.4. The Labute approximate surface area is 151 Å². The van der Waals surface area contributed by atoms with Gasteiger partial charge in [0.05, 0.1) is 41.9 Å². The third kappa shape index (κ3) is 4.80. The zero-order valence-electron chi connectivity index (χ0n) is 14.0. The number of urea groups is 1. The lowest BCUT2D eigenvalue weighted by Crippen LogP contribution is -2.36. The van der Waals surface area contributed by atoms with Crippen molar-refractivity contribution in [3.8, 4) is 0 Å². The lowest BCUT2D eigenvalue weighted by molar-refractivity contribution is 0.122. The normalized spacial score (nSPS) is 14.2. The van der Waals surface area contributed by atoms with Crippen LogP contribution >= 0.6 is 11.6 Å². The second-order valence-corrected chi connectivity index (χ2v) is 6.11. The quantitative estimate of drug-likeness (QED) is 0.875. The van der Waals surface area contributed by atoms with Gasteiger partial charge < -0.3 is 20.3 Å². The van der Waals surface area contributed by atoms with Crippen LogP contribution in [0.2, 0.25) is 5.02 Å². The summed E-state index contributed by atoms with van der Waals surface area (Å²) in [7, 11) is 0. The second-order valence-electron chi connectivity index (χ2n) is 5.68. The first-order valence-corrected chi connectivity index (χ1v) is 8.45. The van der Waals surface area contributed by atoms with Crippen LogP contribution in [0.15, 0.2) is 30.5 Å². The Hall–Kier alpha value is -2.38. The van der Waals surface area contributed by atoms with Gasteiger partial charge in [-0.3, -0.25) is 4.98 Å². The molecule has 0 spiro atoms. The average molecular weight is 362 g/mol. The van der Waals surface area contributed by atoms with Crippen molar-refractivity contribution in [1.82, 2.24) is 15.3 Å². The summed E-state index contributed by atoms with van der Waals surface area (Å²) in [4.78, 5) is 22.9. The molecular formula is C17H20ClN5O2. The molecule has 0 unspecified atom stereocenters. The Morgan fingerprint density at radius 3 is 2.76 bits per heavy atom. The molecular weight excluding hydrogens is 342 g/mol. The van der Waals surface area contributed by atoms with Crippen molar-refractivity contribution in [1.29, 1.82) is 0 Å². The SMILES string of the molecule is Cc1nc(N2CCOCC2)ccc1NC(=O)NCc1ccc(Cl)cn1. The summed E-state index contributed by atoms with van der Waals surface area (Å²) in [6, 6.07) is 6.98. The molecule has 0 bridgehead atoms. The van der Waals surface area contributed by atoms with Crippen LogP contribution in [0.1, 0.15) is 11.4 Å². The Morgan fingerprint density at radius 1 is 1.28 bits per heavy atom. The molecule has 2 aromatic rings. The third-order valence-electron chi connectivity index (χ3n) is 3.87. The molecule has 0 saturated carbocycles. The number of ether oxygens (including phenoxy) is 1. The van der Waals surface area contributed by atoms with Crippen molar-refractivity contribution in [2.45, 2.75) is 13.5 Å². The van der Waals surface area contributed by atoms with Gasteiger partial charge in [0.2, 0.25) is 0 Å². The van der Waals surface area contributed by atoms with E-state index in [1.54, 1.807) is 18.3 Å². The van der Waals surface area contributed by atoms with Crippen molar-refractivity contribution in [3.63, 3.8) is 0 Å². The Morgan fingerprint density at radius 2 is 2.08 bits per heavy atom. The number of nitrogens with zero attached hydrogens (tertiary/aromatic N) is 3. The van der Waals surface area contributed by atoms with E-state index in [1.165, 1.54) is 0 Å². The predicted molar refractivity (Wildman–Crippen MR) is 97.1 cm³/mol. The number of morpholine rings is 1. The fourth-order valence-corrected chi connectivity index (χ4v) is 2.61. The summed E-state index contributed by atoms with van der Waals surface area (Å²) >= 11 is 5.79. The van der Waals surface area contributed by atoms with E-state index in [4.69, 9.17) is 16.3 Å². The monoisotopic (exact) mass is 361 g/mol. The van der Waals surface area contributed by atoms with E-state index in [2.05, 4.69) is 25.5 Å². The van der Waals surface area contributed by atoms with Crippen LogP contribution in [0.4, 0.5) is 16.3 Å². The van der Waals surface area contributed by atoms with Gasteiger partial charge in [-0.05, 0) is 31.2 Å². The number of carbonyl (C=O) groups excluding carboxylic acids is 1. The topological polar surface area (TPSA) is 79.4 Å². The van der Waals surface area contributed by atoms with E-state index < -0.39 is 0 Å². The zero-order valence-corrected chi connectivity index (χ0v) is 14.7. The molecule has 1 aliphatic heterocycles. The number of rotatable bonds is 4. The van der Waals surface area contributed by atoms with E-state index in [0.29, 0.717) is 30.5 Å². The van der Waals surface area contributed by atoms with Gasteiger partial charge in [-0.2, -0.15) is 0 Å². The molecule has 25 heavy (non-hydrogen) atoms. The van der Waals surface area contributed by atoms with Crippen molar-refractivity contribution < 1.29 is 9.53 Å². The molecule has 0 aliphatic carbocycles.